The topological polar surface area (TPSA) is 72.2 Å². The second-order valence-corrected chi connectivity index (χ2v) is 7.04. The highest BCUT2D eigenvalue weighted by atomic mass is 32.2. The Morgan fingerprint density at radius 1 is 1.30 bits per heavy atom. The standard InChI is InChI=1S/C14H21FN2O2S/c15-13-9-12(10-16)5-6-14(13)20(18,19)17-8-7-11-3-1-2-4-11/h5-6,9,11,17H,1-4,7-8,10,16H2. The highest BCUT2D eigenvalue weighted by Gasteiger charge is 2.20. The molecule has 1 aliphatic carbocycles. The fraction of sp³-hybridized carbons (Fsp3) is 0.571. The van der Waals surface area contributed by atoms with Gasteiger partial charge in [-0.15, -0.1) is 0 Å². The number of hydrogen-bond donors (Lipinski definition) is 2. The van der Waals surface area contributed by atoms with E-state index in [9.17, 15) is 12.8 Å². The van der Waals surface area contributed by atoms with Gasteiger partial charge < -0.3 is 5.73 Å². The summed E-state index contributed by atoms with van der Waals surface area (Å²) < 4.78 is 40.4. The van der Waals surface area contributed by atoms with E-state index in [2.05, 4.69) is 4.72 Å². The molecule has 0 atom stereocenters. The van der Waals surface area contributed by atoms with E-state index in [0.29, 0.717) is 18.0 Å². The first kappa shape index (κ1) is 15.4. The Morgan fingerprint density at radius 3 is 2.60 bits per heavy atom. The van der Waals surface area contributed by atoms with Crippen LogP contribution in [0.2, 0.25) is 0 Å². The Hall–Kier alpha value is -0.980. The molecule has 0 spiro atoms. The summed E-state index contributed by atoms with van der Waals surface area (Å²) in [5.41, 5.74) is 5.97. The Balaban J connectivity index is 1.98. The molecule has 1 saturated carbocycles. The average molecular weight is 300 g/mol. The van der Waals surface area contributed by atoms with E-state index >= 15 is 0 Å². The van der Waals surface area contributed by atoms with Crippen molar-refractivity contribution in [1.82, 2.24) is 4.72 Å². The number of benzene rings is 1. The third-order valence-corrected chi connectivity index (χ3v) is 5.34. The van der Waals surface area contributed by atoms with Gasteiger partial charge in [0.15, 0.2) is 0 Å². The van der Waals surface area contributed by atoms with Crippen LogP contribution in [-0.2, 0) is 16.6 Å². The lowest BCUT2D eigenvalue weighted by molar-refractivity contribution is 0.494. The second kappa shape index (κ2) is 6.65. The fourth-order valence-corrected chi connectivity index (χ4v) is 3.77. The fourth-order valence-electron chi connectivity index (χ4n) is 2.66. The summed E-state index contributed by atoms with van der Waals surface area (Å²) in [4.78, 5) is -0.305. The van der Waals surface area contributed by atoms with Crippen LogP contribution in [0.5, 0.6) is 0 Å². The van der Waals surface area contributed by atoms with Gasteiger partial charge in [0, 0.05) is 13.1 Å². The second-order valence-electron chi connectivity index (χ2n) is 5.31. The van der Waals surface area contributed by atoms with Gasteiger partial charge in [0.1, 0.15) is 10.7 Å². The van der Waals surface area contributed by atoms with Crippen molar-refractivity contribution in [3.05, 3.63) is 29.6 Å². The number of sulfonamides is 1. The van der Waals surface area contributed by atoms with E-state index in [0.717, 1.165) is 6.42 Å². The van der Waals surface area contributed by atoms with Crippen LogP contribution < -0.4 is 10.5 Å². The summed E-state index contributed by atoms with van der Waals surface area (Å²) in [6.07, 6.45) is 5.61. The maximum Gasteiger partial charge on any atom is 0.243 e. The normalized spacial score (nSPS) is 16.7. The van der Waals surface area contributed by atoms with Gasteiger partial charge in [-0.25, -0.2) is 17.5 Å². The molecule has 0 unspecified atom stereocenters. The third-order valence-electron chi connectivity index (χ3n) is 3.84. The van der Waals surface area contributed by atoms with Crippen LogP contribution in [0.4, 0.5) is 4.39 Å². The molecule has 2 rings (SSSR count). The molecule has 0 aliphatic heterocycles. The lowest BCUT2D eigenvalue weighted by atomic mass is 10.1. The van der Waals surface area contributed by atoms with Crippen LogP contribution in [0, 0.1) is 11.7 Å². The molecule has 1 aromatic carbocycles. The number of nitrogens with two attached hydrogens (primary N) is 1. The molecule has 0 radical (unpaired) electrons. The SMILES string of the molecule is NCc1ccc(S(=O)(=O)NCCC2CCCC2)c(F)c1. The summed E-state index contributed by atoms with van der Waals surface area (Å²) in [6.45, 7) is 0.553. The summed E-state index contributed by atoms with van der Waals surface area (Å²) in [7, 11) is -3.77. The zero-order chi connectivity index (χ0) is 14.6. The lowest BCUT2D eigenvalue weighted by Gasteiger charge is -2.11. The van der Waals surface area contributed by atoms with E-state index in [1.54, 1.807) is 0 Å². The quantitative estimate of drug-likeness (QED) is 0.845. The Labute approximate surface area is 119 Å². The number of rotatable bonds is 6. The Morgan fingerprint density at radius 2 is 2.00 bits per heavy atom. The first-order valence-corrected chi connectivity index (χ1v) is 8.49. The molecule has 1 fully saturated rings. The minimum atomic E-state index is -3.77. The van der Waals surface area contributed by atoms with Gasteiger partial charge >= 0.3 is 0 Å². The van der Waals surface area contributed by atoms with Crippen molar-refractivity contribution in [2.45, 2.75) is 43.5 Å². The molecular weight excluding hydrogens is 279 g/mol. The number of hydrogen-bond acceptors (Lipinski definition) is 3. The average Bonchev–Trinajstić information content (AvgIpc) is 2.91. The lowest BCUT2D eigenvalue weighted by Crippen LogP contribution is -2.26. The van der Waals surface area contributed by atoms with Crippen molar-refractivity contribution < 1.29 is 12.8 Å². The monoisotopic (exact) mass is 300 g/mol. The zero-order valence-corrected chi connectivity index (χ0v) is 12.3. The van der Waals surface area contributed by atoms with E-state index in [4.69, 9.17) is 5.73 Å². The van der Waals surface area contributed by atoms with E-state index in [-0.39, 0.29) is 11.4 Å². The molecule has 112 valence electrons. The largest absolute Gasteiger partial charge is 0.326 e. The molecule has 3 N–H and O–H groups in total. The molecule has 1 aliphatic rings. The predicted octanol–water partition coefficient (Wildman–Crippen LogP) is 2.14. The minimum absolute atomic E-state index is 0.187. The molecule has 0 heterocycles. The first-order valence-electron chi connectivity index (χ1n) is 7.01. The molecule has 0 aromatic heterocycles. The highest BCUT2D eigenvalue weighted by molar-refractivity contribution is 7.89. The van der Waals surface area contributed by atoms with Crippen LogP contribution in [0.25, 0.3) is 0 Å². The maximum absolute atomic E-state index is 13.8. The molecule has 4 nitrogen and oxygen atoms in total. The van der Waals surface area contributed by atoms with Crippen LogP contribution in [0.1, 0.15) is 37.7 Å². The molecule has 0 amide bonds. The van der Waals surface area contributed by atoms with Crippen LogP contribution in [-0.4, -0.2) is 15.0 Å². The molecule has 0 saturated heterocycles. The molecular formula is C14H21FN2O2S. The van der Waals surface area contributed by atoms with Gasteiger partial charge in [0.2, 0.25) is 10.0 Å². The predicted molar refractivity (Wildman–Crippen MR) is 76.1 cm³/mol. The van der Waals surface area contributed by atoms with Gasteiger partial charge in [-0.05, 0) is 30.0 Å². The highest BCUT2D eigenvalue weighted by Crippen LogP contribution is 2.27. The van der Waals surface area contributed by atoms with Gasteiger partial charge in [0.25, 0.3) is 0 Å². The van der Waals surface area contributed by atoms with Gasteiger partial charge in [-0.2, -0.15) is 0 Å². The van der Waals surface area contributed by atoms with E-state index < -0.39 is 15.8 Å². The minimum Gasteiger partial charge on any atom is -0.326 e. The summed E-state index contributed by atoms with van der Waals surface area (Å²) >= 11 is 0. The van der Waals surface area contributed by atoms with Crippen molar-refractivity contribution in [3.8, 4) is 0 Å². The van der Waals surface area contributed by atoms with Crippen molar-refractivity contribution in [2.75, 3.05) is 6.54 Å². The third kappa shape index (κ3) is 3.77. The summed E-state index contributed by atoms with van der Waals surface area (Å²) in [5, 5.41) is 0. The molecule has 6 heteroatoms. The molecule has 20 heavy (non-hydrogen) atoms. The van der Waals surface area contributed by atoms with Gasteiger partial charge in [0.05, 0.1) is 0 Å². The van der Waals surface area contributed by atoms with Crippen LogP contribution in [0.3, 0.4) is 0 Å². The van der Waals surface area contributed by atoms with Crippen molar-refractivity contribution >= 4 is 10.0 Å². The Bertz CT molecular complexity index is 554. The van der Waals surface area contributed by atoms with Crippen molar-refractivity contribution in [1.29, 1.82) is 0 Å². The van der Waals surface area contributed by atoms with Crippen molar-refractivity contribution in [2.24, 2.45) is 11.7 Å². The summed E-state index contributed by atoms with van der Waals surface area (Å²) in [5.74, 6) is -0.150. The van der Waals surface area contributed by atoms with Crippen molar-refractivity contribution in [3.63, 3.8) is 0 Å². The van der Waals surface area contributed by atoms with E-state index in [1.807, 2.05) is 0 Å². The van der Waals surface area contributed by atoms with E-state index in [1.165, 1.54) is 43.9 Å². The molecule has 1 aromatic rings. The zero-order valence-electron chi connectivity index (χ0n) is 11.4. The number of halogens is 1. The first-order chi connectivity index (χ1) is 9.53. The molecule has 0 bridgehead atoms. The van der Waals surface area contributed by atoms with Gasteiger partial charge in [-0.3, -0.25) is 0 Å². The number of nitrogens with one attached hydrogen (secondary N) is 1. The van der Waals surface area contributed by atoms with Crippen LogP contribution >= 0.6 is 0 Å². The van der Waals surface area contributed by atoms with Crippen LogP contribution in [0.15, 0.2) is 23.1 Å². The Kier molecular flexibility index (Phi) is 5.12. The smallest absolute Gasteiger partial charge is 0.243 e. The van der Waals surface area contributed by atoms with Gasteiger partial charge in [-0.1, -0.05) is 31.7 Å². The summed E-state index contributed by atoms with van der Waals surface area (Å²) in [6, 6.07) is 3.98. The maximum atomic E-state index is 13.8.